The maximum atomic E-state index is 14.0. The summed E-state index contributed by atoms with van der Waals surface area (Å²) in [5.41, 5.74) is 1.98. The zero-order chi connectivity index (χ0) is 23.6. The number of nitrogens with zero attached hydrogens (tertiary/aromatic N) is 4. The normalized spacial score (nSPS) is 15.0. The third kappa shape index (κ3) is 4.92. The Morgan fingerprint density at radius 3 is 2.45 bits per heavy atom. The molecule has 1 fully saturated rings. The molecule has 7 nitrogen and oxygen atoms in total. The molecule has 2 aromatic heterocycles. The summed E-state index contributed by atoms with van der Waals surface area (Å²) in [7, 11) is 1.46. The van der Waals surface area contributed by atoms with Crippen LogP contribution in [0.5, 0.6) is 5.88 Å². The number of carbonyl (C=O) groups is 1. The van der Waals surface area contributed by atoms with E-state index < -0.39 is 18.4 Å². The van der Waals surface area contributed by atoms with Gasteiger partial charge >= 0.3 is 0 Å². The van der Waals surface area contributed by atoms with Gasteiger partial charge in [-0.1, -0.05) is 44.2 Å². The number of pyridine rings is 1. The molecule has 4 rings (SSSR count). The van der Waals surface area contributed by atoms with Gasteiger partial charge in [0.2, 0.25) is 5.88 Å². The van der Waals surface area contributed by atoms with E-state index in [-0.39, 0.29) is 36.1 Å². The first kappa shape index (κ1) is 22.6. The number of halogens is 2. The van der Waals surface area contributed by atoms with Crippen LogP contribution in [0.2, 0.25) is 0 Å². The molecule has 9 heteroatoms. The predicted molar refractivity (Wildman–Crippen MR) is 122 cm³/mol. The van der Waals surface area contributed by atoms with Crippen molar-refractivity contribution in [3.05, 3.63) is 60.2 Å². The van der Waals surface area contributed by atoms with E-state index in [1.807, 2.05) is 44.2 Å². The molecule has 0 atom stereocenters. The van der Waals surface area contributed by atoms with Crippen molar-refractivity contribution in [1.29, 1.82) is 0 Å². The lowest BCUT2D eigenvalue weighted by Crippen LogP contribution is -2.27. The summed E-state index contributed by atoms with van der Waals surface area (Å²) in [6.07, 6.45) is 2.63. The Bertz CT molecular complexity index is 1140. The minimum atomic E-state index is -2.83. The second kappa shape index (κ2) is 9.09. The molecule has 3 heterocycles. The molecule has 0 aliphatic carbocycles. The molecular formula is C24H25F2N5O2. The second-order valence-electron chi connectivity index (χ2n) is 8.24. The Labute approximate surface area is 190 Å². The Kier molecular flexibility index (Phi) is 6.22. The van der Waals surface area contributed by atoms with E-state index in [1.54, 1.807) is 6.07 Å². The Balaban J connectivity index is 1.79. The smallest absolute Gasteiger partial charge is 0.266 e. The van der Waals surface area contributed by atoms with Crippen molar-refractivity contribution < 1.29 is 18.3 Å². The number of hydrogen-bond donors (Lipinski definition) is 1. The van der Waals surface area contributed by atoms with Crippen LogP contribution in [0, 0.1) is 0 Å². The van der Waals surface area contributed by atoms with Crippen LogP contribution in [0.3, 0.4) is 0 Å². The molecule has 1 aliphatic heterocycles. The molecule has 0 bridgehead atoms. The van der Waals surface area contributed by atoms with Gasteiger partial charge in [-0.25, -0.2) is 18.7 Å². The summed E-state index contributed by atoms with van der Waals surface area (Å²) in [5.74, 6) is -2.04. The van der Waals surface area contributed by atoms with E-state index >= 15 is 0 Å². The van der Waals surface area contributed by atoms with E-state index in [4.69, 9.17) is 4.74 Å². The van der Waals surface area contributed by atoms with Crippen LogP contribution in [-0.2, 0) is 0 Å². The second-order valence-corrected chi connectivity index (χ2v) is 8.24. The fraction of sp³-hybridized carbons (Fsp3) is 0.333. The summed E-state index contributed by atoms with van der Waals surface area (Å²) >= 11 is 0. The number of hydrogen-bond acceptors (Lipinski definition) is 6. The van der Waals surface area contributed by atoms with Crippen LogP contribution in [-0.4, -0.2) is 47.0 Å². The first-order valence-electron chi connectivity index (χ1n) is 10.7. The maximum Gasteiger partial charge on any atom is 0.266 e. The lowest BCUT2D eigenvalue weighted by atomic mass is 10.0. The topological polar surface area (TPSA) is 80.2 Å². The van der Waals surface area contributed by atoms with E-state index in [0.29, 0.717) is 17.1 Å². The number of aromatic nitrogens is 3. The summed E-state index contributed by atoms with van der Waals surface area (Å²) in [5, 5.41) is 2.87. The zero-order valence-corrected chi connectivity index (χ0v) is 18.7. The van der Waals surface area contributed by atoms with Crippen LogP contribution in [0.1, 0.15) is 42.4 Å². The lowest BCUT2D eigenvalue weighted by Gasteiger charge is -2.24. The quantitative estimate of drug-likeness (QED) is 0.579. The van der Waals surface area contributed by atoms with E-state index in [0.717, 1.165) is 5.56 Å². The molecule has 0 radical (unpaired) electrons. The van der Waals surface area contributed by atoms with Crippen molar-refractivity contribution in [3.8, 4) is 17.0 Å². The predicted octanol–water partition coefficient (Wildman–Crippen LogP) is 4.77. The highest BCUT2D eigenvalue weighted by molar-refractivity contribution is 6.08. The fourth-order valence-corrected chi connectivity index (χ4v) is 3.67. The fourth-order valence-electron chi connectivity index (χ4n) is 3.67. The number of ether oxygens (including phenoxy) is 1. The molecule has 1 amide bonds. The summed E-state index contributed by atoms with van der Waals surface area (Å²) in [4.78, 5) is 27.5. The average Bonchev–Trinajstić information content (AvgIpc) is 3.19. The van der Waals surface area contributed by atoms with Gasteiger partial charge in [0.15, 0.2) is 5.82 Å². The van der Waals surface area contributed by atoms with Crippen molar-refractivity contribution >= 4 is 17.4 Å². The standard InChI is InChI=1S/C24H25F2N5O2/c1-15(2)21-27-12-17(13-28-21)23(32)30-20-18(16-7-5-4-6-8-16)11-19(33-3)29-22(20)31-10-9-24(25,26)14-31/h4-8,11-13,15H,9-10,14H2,1-3H3,(H,30,32). The van der Waals surface area contributed by atoms with Crippen LogP contribution in [0.25, 0.3) is 11.1 Å². The first-order chi connectivity index (χ1) is 15.8. The number of amides is 1. The molecule has 0 spiro atoms. The van der Waals surface area contributed by atoms with Gasteiger partial charge in [-0.3, -0.25) is 4.79 Å². The third-order valence-electron chi connectivity index (χ3n) is 5.43. The van der Waals surface area contributed by atoms with Gasteiger partial charge in [-0.05, 0) is 5.56 Å². The van der Waals surface area contributed by atoms with E-state index in [2.05, 4.69) is 20.3 Å². The van der Waals surface area contributed by atoms with Crippen LogP contribution < -0.4 is 15.0 Å². The minimum Gasteiger partial charge on any atom is -0.481 e. The molecule has 1 saturated heterocycles. The van der Waals surface area contributed by atoms with Crippen molar-refractivity contribution in [2.24, 2.45) is 0 Å². The largest absolute Gasteiger partial charge is 0.481 e. The van der Waals surface area contributed by atoms with Gasteiger partial charge < -0.3 is 15.0 Å². The van der Waals surface area contributed by atoms with Gasteiger partial charge in [0, 0.05) is 42.9 Å². The summed E-state index contributed by atoms with van der Waals surface area (Å²) < 4.78 is 33.4. The summed E-state index contributed by atoms with van der Waals surface area (Å²) in [6.45, 7) is 3.54. The van der Waals surface area contributed by atoms with Crippen molar-refractivity contribution in [1.82, 2.24) is 15.0 Å². The first-order valence-corrected chi connectivity index (χ1v) is 10.7. The van der Waals surface area contributed by atoms with Crippen molar-refractivity contribution in [2.75, 3.05) is 30.4 Å². The number of rotatable bonds is 6. The van der Waals surface area contributed by atoms with Crippen molar-refractivity contribution in [3.63, 3.8) is 0 Å². The van der Waals surface area contributed by atoms with Gasteiger partial charge in [0.05, 0.1) is 24.9 Å². The SMILES string of the molecule is COc1cc(-c2ccccc2)c(NC(=O)c2cnc(C(C)C)nc2)c(N2CCC(F)(F)C2)n1. The zero-order valence-electron chi connectivity index (χ0n) is 18.7. The monoisotopic (exact) mass is 453 g/mol. The molecular weight excluding hydrogens is 428 g/mol. The lowest BCUT2D eigenvalue weighted by molar-refractivity contribution is 0.0256. The highest BCUT2D eigenvalue weighted by Crippen LogP contribution is 2.41. The molecule has 33 heavy (non-hydrogen) atoms. The summed E-state index contributed by atoms with van der Waals surface area (Å²) in [6, 6.07) is 11.0. The van der Waals surface area contributed by atoms with Gasteiger partial charge in [-0.15, -0.1) is 0 Å². The Morgan fingerprint density at radius 1 is 1.18 bits per heavy atom. The van der Waals surface area contributed by atoms with Gasteiger partial charge in [0.25, 0.3) is 11.8 Å². The number of anilines is 2. The van der Waals surface area contributed by atoms with Gasteiger partial charge in [0.1, 0.15) is 5.82 Å². The van der Waals surface area contributed by atoms with Crippen LogP contribution in [0.4, 0.5) is 20.3 Å². The Morgan fingerprint density at radius 2 is 1.88 bits per heavy atom. The highest BCUT2D eigenvalue weighted by Gasteiger charge is 2.40. The number of nitrogens with one attached hydrogen (secondary N) is 1. The number of methoxy groups -OCH3 is 1. The number of benzene rings is 1. The van der Waals surface area contributed by atoms with Gasteiger partial charge in [-0.2, -0.15) is 4.98 Å². The number of alkyl halides is 2. The molecule has 0 saturated carbocycles. The molecule has 1 aliphatic rings. The molecule has 3 aromatic rings. The molecule has 0 unspecified atom stereocenters. The van der Waals surface area contributed by atoms with Crippen LogP contribution >= 0.6 is 0 Å². The molecule has 1 N–H and O–H groups in total. The number of carbonyl (C=O) groups excluding carboxylic acids is 1. The highest BCUT2D eigenvalue weighted by atomic mass is 19.3. The van der Waals surface area contributed by atoms with E-state index in [1.165, 1.54) is 24.4 Å². The Hall–Kier alpha value is -3.62. The van der Waals surface area contributed by atoms with Crippen molar-refractivity contribution in [2.45, 2.75) is 32.1 Å². The molecule has 172 valence electrons. The minimum absolute atomic E-state index is 0.108. The molecule has 1 aromatic carbocycles. The van der Waals surface area contributed by atoms with E-state index in [9.17, 15) is 13.6 Å². The van der Waals surface area contributed by atoms with Crippen LogP contribution in [0.15, 0.2) is 48.8 Å². The maximum absolute atomic E-state index is 14.0. The average molecular weight is 453 g/mol. The third-order valence-corrected chi connectivity index (χ3v) is 5.43.